The molecule has 1 rings (SSSR count). The second-order valence-corrected chi connectivity index (χ2v) is 5.56. The highest BCUT2D eigenvalue weighted by atomic mass is 16.3. The molecule has 0 aromatic heterocycles. The molecule has 21 heavy (non-hydrogen) atoms. The van der Waals surface area contributed by atoms with E-state index in [1.54, 1.807) is 13.8 Å². The fraction of sp³-hybridized carbons (Fsp3) is 1.00. The number of hydrogen-bond acceptors (Lipinski definition) is 6. The first-order valence-corrected chi connectivity index (χ1v) is 7.15. The van der Waals surface area contributed by atoms with Gasteiger partial charge in [0.15, 0.2) is 0 Å². The second-order valence-electron chi connectivity index (χ2n) is 5.56. The molecule has 130 valence electrons. The van der Waals surface area contributed by atoms with Crippen LogP contribution in [0.1, 0.15) is 28.7 Å². The summed E-state index contributed by atoms with van der Waals surface area (Å²) in [6, 6.07) is 0. The molecule has 0 radical (unpaired) electrons. The van der Waals surface area contributed by atoms with Crippen LogP contribution in [0, 0.1) is 0 Å². The van der Waals surface area contributed by atoms with Crippen LogP contribution in [0.15, 0.2) is 0 Å². The lowest BCUT2D eigenvalue weighted by Crippen LogP contribution is -2.41. The van der Waals surface area contributed by atoms with Crippen molar-refractivity contribution in [3.63, 3.8) is 0 Å². The number of nitrogens with zero attached hydrogens (tertiary/aromatic N) is 3. The fourth-order valence-corrected chi connectivity index (χ4v) is 2.44. The van der Waals surface area contributed by atoms with E-state index >= 15 is 0 Å². The molecule has 2 unspecified atom stereocenters. The van der Waals surface area contributed by atoms with E-state index in [1.165, 1.54) is 0 Å². The summed E-state index contributed by atoms with van der Waals surface area (Å²) in [6.45, 7) is 10.1. The van der Waals surface area contributed by atoms with Crippen LogP contribution in [0.5, 0.6) is 0 Å². The van der Waals surface area contributed by atoms with Gasteiger partial charge in [-0.25, -0.2) is 0 Å². The Bertz CT molecular complexity index is 218. The van der Waals surface area contributed by atoms with Gasteiger partial charge in [0.05, 0.1) is 18.9 Å². The summed E-state index contributed by atoms with van der Waals surface area (Å²) in [7, 11) is 0. The molecule has 0 amide bonds. The lowest BCUT2D eigenvalue weighted by Gasteiger charge is -2.27. The maximum Gasteiger partial charge on any atom is 0.0957 e. The fourth-order valence-electron chi connectivity index (χ4n) is 2.44. The third-order valence-corrected chi connectivity index (χ3v) is 3.44. The van der Waals surface area contributed by atoms with Gasteiger partial charge in [0.1, 0.15) is 0 Å². The van der Waals surface area contributed by atoms with Crippen molar-refractivity contribution in [2.75, 3.05) is 59.1 Å². The highest BCUT2D eigenvalue weighted by molar-refractivity contribution is 4.72. The zero-order chi connectivity index (χ0) is 14.3. The molecule has 0 saturated carbocycles. The Morgan fingerprint density at radius 1 is 0.714 bits per heavy atom. The lowest BCUT2D eigenvalue weighted by molar-refractivity contribution is 0.0827. The topological polar surface area (TPSA) is 70.4 Å². The van der Waals surface area contributed by atoms with Gasteiger partial charge in [-0.15, -0.1) is 0 Å². The normalized spacial score (nSPS) is 22.1. The van der Waals surface area contributed by atoms with Gasteiger partial charge in [-0.3, -0.25) is 14.7 Å². The predicted octanol–water partition coefficient (Wildman–Crippen LogP) is -0.110. The summed E-state index contributed by atoms with van der Waals surface area (Å²) >= 11 is 0. The zero-order valence-corrected chi connectivity index (χ0v) is 12.2. The van der Waals surface area contributed by atoms with Gasteiger partial charge in [-0.05, 0) is 13.8 Å². The van der Waals surface area contributed by atoms with Crippen LogP contribution in [0.2, 0.25) is 0 Å². The molecule has 3 N–H and O–H groups in total. The Morgan fingerprint density at radius 3 is 1.24 bits per heavy atom. The van der Waals surface area contributed by atoms with Gasteiger partial charge >= 0.3 is 0 Å². The van der Waals surface area contributed by atoms with Crippen molar-refractivity contribution >= 4 is 0 Å². The van der Waals surface area contributed by atoms with Crippen LogP contribution in [0.4, 0.5) is 0 Å². The van der Waals surface area contributed by atoms with Crippen molar-refractivity contribution in [3.05, 3.63) is 0 Å². The molecule has 0 aromatic carbocycles. The predicted molar refractivity (Wildman–Crippen MR) is 88.4 cm³/mol. The quantitative estimate of drug-likeness (QED) is 0.658. The first kappa shape index (κ1) is 23.0. The Hall–Kier alpha value is -0.240. The molecule has 0 spiro atoms. The molecule has 0 bridgehead atoms. The zero-order valence-electron chi connectivity index (χ0n) is 12.2. The largest absolute Gasteiger partial charge is 0.392 e. The van der Waals surface area contributed by atoms with Gasteiger partial charge in [-0.1, -0.05) is 14.9 Å². The third kappa shape index (κ3) is 10.2. The minimum atomic E-state index is -0.339. The van der Waals surface area contributed by atoms with E-state index in [1.807, 2.05) is 4.90 Å². The lowest BCUT2D eigenvalue weighted by atomic mass is 10.3. The van der Waals surface area contributed by atoms with Crippen LogP contribution < -0.4 is 0 Å². The molecule has 2 atom stereocenters. The molecule has 0 aliphatic carbocycles. The van der Waals surface area contributed by atoms with Crippen LogP contribution in [-0.4, -0.2) is 101 Å². The number of β-amino-alcohol motifs (C(OH)–C–C–N with tert-alkyl or cyclic N) is 2. The summed E-state index contributed by atoms with van der Waals surface area (Å²) in [4.78, 5) is 6.43. The minimum Gasteiger partial charge on any atom is -0.392 e. The highest BCUT2D eigenvalue weighted by Gasteiger charge is 2.17. The first-order chi connectivity index (χ1) is 9.01. The number of aliphatic hydroxyl groups excluding tert-OH is 3. The second kappa shape index (κ2) is 12.3. The molecule has 6 heteroatoms. The minimum absolute atomic E-state index is 0. The molecule has 1 aliphatic heterocycles. The van der Waals surface area contributed by atoms with Gasteiger partial charge in [0.2, 0.25) is 0 Å². The summed E-state index contributed by atoms with van der Waals surface area (Å²) in [5, 5.41) is 28.4. The number of hydrogen-bond donors (Lipinski definition) is 3. The average Bonchev–Trinajstić information content (AvgIpc) is 2.41. The molecule has 1 aliphatic rings. The van der Waals surface area contributed by atoms with Gasteiger partial charge in [0.25, 0.3) is 0 Å². The number of aliphatic hydroxyl groups is 3. The number of rotatable bonds is 5. The van der Waals surface area contributed by atoms with Gasteiger partial charge < -0.3 is 15.3 Å². The van der Waals surface area contributed by atoms with Crippen LogP contribution >= 0.6 is 0 Å². The molecular weight excluding hydrogens is 270 g/mol. The smallest absolute Gasteiger partial charge is 0.0957 e. The van der Waals surface area contributed by atoms with Crippen molar-refractivity contribution in [3.8, 4) is 0 Å². The SMILES string of the molecule is C.C.CC(O)CN1CCN(CO)CCN(CC(C)O)CC1. The summed E-state index contributed by atoms with van der Waals surface area (Å²) in [6.07, 6.45) is -0.679. The van der Waals surface area contributed by atoms with Crippen molar-refractivity contribution in [2.45, 2.75) is 40.9 Å². The van der Waals surface area contributed by atoms with Gasteiger partial charge in [-0.2, -0.15) is 0 Å². The monoisotopic (exact) mass is 307 g/mol. The van der Waals surface area contributed by atoms with Crippen LogP contribution in [-0.2, 0) is 0 Å². The molecule has 6 nitrogen and oxygen atoms in total. The summed E-state index contributed by atoms with van der Waals surface area (Å²) in [5.41, 5.74) is 0. The van der Waals surface area contributed by atoms with E-state index in [0.717, 1.165) is 39.3 Å². The van der Waals surface area contributed by atoms with Crippen LogP contribution in [0.3, 0.4) is 0 Å². The van der Waals surface area contributed by atoms with Crippen LogP contribution in [0.25, 0.3) is 0 Å². The Kier molecular flexibility index (Phi) is 13.5. The first-order valence-electron chi connectivity index (χ1n) is 7.15. The Morgan fingerprint density at radius 2 is 1.00 bits per heavy atom. The highest BCUT2D eigenvalue weighted by Crippen LogP contribution is 2.02. The molecule has 0 aromatic rings. The summed E-state index contributed by atoms with van der Waals surface area (Å²) < 4.78 is 0. The van der Waals surface area contributed by atoms with Crippen molar-refractivity contribution in [1.82, 2.24) is 14.7 Å². The van der Waals surface area contributed by atoms with Gasteiger partial charge in [0, 0.05) is 52.4 Å². The van der Waals surface area contributed by atoms with Crippen molar-refractivity contribution in [1.29, 1.82) is 0 Å². The Balaban J connectivity index is 0. The molecular formula is C15H37N3O3. The Labute approximate surface area is 131 Å². The molecule has 1 heterocycles. The maximum atomic E-state index is 9.51. The summed E-state index contributed by atoms with van der Waals surface area (Å²) in [5.74, 6) is 0. The molecule has 1 saturated heterocycles. The van der Waals surface area contributed by atoms with Crippen molar-refractivity contribution < 1.29 is 15.3 Å². The van der Waals surface area contributed by atoms with E-state index in [-0.39, 0.29) is 33.8 Å². The maximum absolute atomic E-state index is 9.51. The molecule has 1 fully saturated rings. The van der Waals surface area contributed by atoms with E-state index in [0.29, 0.717) is 13.1 Å². The van der Waals surface area contributed by atoms with E-state index in [4.69, 9.17) is 0 Å². The van der Waals surface area contributed by atoms with Crippen molar-refractivity contribution in [2.24, 2.45) is 0 Å². The van der Waals surface area contributed by atoms with E-state index in [9.17, 15) is 15.3 Å². The standard InChI is InChI=1S/C13H29N3O3.2CH4/c1-12(18)9-14-3-4-15(10-13(2)19)6-8-16(11-17)7-5-14;;/h12-13,17-19H,3-11H2,1-2H3;2*1H4. The van der Waals surface area contributed by atoms with E-state index < -0.39 is 0 Å². The average molecular weight is 307 g/mol. The third-order valence-electron chi connectivity index (χ3n) is 3.44. The van der Waals surface area contributed by atoms with E-state index in [2.05, 4.69) is 9.80 Å².